The van der Waals surface area contributed by atoms with Crippen LogP contribution in [-0.2, 0) is 20.7 Å². The number of ether oxygens (including phenoxy) is 2. The molecule has 1 aromatic carbocycles. The molecule has 0 aliphatic carbocycles. The highest BCUT2D eigenvalue weighted by Gasteiger charge is 2.08. The van der Waals surface area contributed by atoms with E-state index < -0.39 is 0 Å². The molecule has 0 unspecified atom stereocenters. The molecule has 0 radical (unpaired) electrons. The summed E-state index contributed by atoms with van der Waals surface area (Å²) in [7, 11) is 1.60. The summed E-state index contributed by atoms with van der Waals surface area (Å²) in [5.41, 5.74) is 3.11. The lowest BCUT2D eigenvalue weighted by atomic mass is 10.1. The van der Waals surface area contributed by atoms with Crippen molar-refractivity contribution in [3.63, 3.8) is 0 Å². The molecule has 100 valence electrons. The van der Waals surface area contributed by atoms with Crippen LogP contribution in [0.5, 0.6) is 0 Å². The Kier molecular flexibility index (Phi) is 6.39. The smallest absolute Gasteiger partial charge is 0.250 e. The van der Waals surface area contributed by atoms with Crippen molar-refractivity contribution in [3.05, 3.63) is 29.3 Å². The number of benzene rings is 1. The highest BCUT2D eigenvalue weighted by Crippen LogP contribution is 2.20. The second-order valence-electron chi connectivity index (χ2n) is 4.06. The van der Waals surface area contributed by atoms with Crippen LogP contribution in [0.4, 0.5) is 5.69 Å². The molecule has 0 heterocycles. The van der Waals surface area contributed by atoms with Gasteiger partial charge in [-0.2, -0.15) is 0 Å². The highest BCUT2D eigenvalue weighted by molar-refractivity contribution is 5.93. The van der Waals surface area contributed by atoms with Crippen LogP contribution in [0.3, 0.4) is 0 Å². The van der Waals surface area contributed by atoms with E-state index in [-0.39, 0.29) is 12.5 Å². The van der Waals surface area contributed by atoms with Crippen LogP contribution in [0.1, 0.15) is 18.1 Å². The standard InChI is InChI=1S/C14H21NO3/c1-4-12-7-5-6-11(2)14(12)15-13(16)10-18-9-8-17-3/h5-7H,4,8-10H2,1-3H3,(H,15,16). The molecular weight excluding hydrogens is 230 g/mol. The number of rotatable bonds is 7. The third kappa shape index (κ3) is 4.47. The monoisotopic (exact) mass is 251 g/mol. The normalized spacial score (nSPS) is 10.4. The number of carbonyl (C=O) groups is 1. The zero-order chi connectivity index (χ0) is 13.4. The lowest BCUT2D eigenvalue weighted by molar-refractivity contribution is -0.121. The van der Waals surface area contributed by atoms with Crippen LogP contribution in [-0.4, -0.2) is 32.8 Å². The fraction of sp³-hybridized carbons (Fsp3) is 0.500. The van der Waals surface area contributed by atoms with Crippen LogP contribution >= 0.6 is 0 Å². The summed E-state index contributed by atoms with van der Waals surface area (Å²) in [6.07, 6.45) is 0.891. The van der Waals surface area contributed by atoms with E-state index in [1.807, 2.05) is 25.1 Å². The maximum atomic E-state index is 11.7. The molecule has 0 saturated heterocycles. The molecule has 0 saturated carbocycles. The molecule has 0 aliphatic rings. The molecule has 0 atom stereocenters. The van der Waals surface area contributed by atoms with E-state index in [9.17, 15) is 4.79 Å². The number of hydrogen-bond donors (Lipinski definition) is 1. The number of aryl methyl sites for hydroxylation is 2. The van der Waals surface area contributed by atoms with Gasteiger partial charge < -0.3 is 14.8 Å². The maximum Gasteiger partial charge on any atom is 0.250 e. The first kappa shape index (κ1) is 14.7. The summed E-state index contributed by atoms with van der Waals surface area (Å²) in [6, 6.07) is 6.01. The Morgan fingerprint density at radius 1 is 1.33 bits per heavy atom. The Balaban J connectivity index is 2.53. The van der Waals surface area contributed by atoms with Gasteiger partial charge in [0.2, 0.25) is 5.91 Å². The number of para-hydroxylation sites is 1. The van der Waals surface area contributed by atoms with Crippen molar-refractivity contribution in [1.29, 1.82) is 0 Å². The molecular formula is C14H21NO3. The van der Waals surface area contributed by atoms with Crippen molar-refractivity contribution < 1.29 is 14.3 Å². The van der Waals surface area contributed by atoms with Crippen molar-refractivity contribution in [2.24, 2.45) is 0 Å². The number of methoxy groups -OCH3 is 1. The van der Waals surface area contributed by atoms with E-state index in [0.717, 1.165) is 23.2 Å². The summed E-state index contributed by atoms with van der Waals surface area (Å²) >= 11 is 0. The summed E-state index contributed by atoms with van der Waals surface area (Å²) in [5.74, 6) is -0.130. The third-order valence-electron chi connectivity index (χ3n) is 2.67. The van der Waals surface area contributed by atoms with E-state index in [1.165, 1.54) is 0 Å². The average molecular weight is 251 g/mol. The molecule has 4 heteroatoms. The Hall–Kier alpha value is -1.39. The first-order valence-electron chi connectivity index (χ1n) is 6.14. The molecule has 1 N–H and O–H groups in total. The lowest BCUT2D eigenvalue weighted by Crippen LogP contribution is -2.20. The zero-order valence-electron chi connectivity index (χ0n) is 11.3. The Morgan fingerprint density at radius 3 is 2.78 bits per heavy atom. The fourth-order valence-corrected chi connectivity index (χ4v) is 1.68. The predicted octanol–water partition coefficient (Wildman–Crippen LogP) is 2.16. The summed E-state index contributed by atoms with van der Waals surface area (Å²) in [6.45, 7) is 5.04. The molecule has 0 spiro atoms. The maximum absolute atomic E-state index is 11.7. The molecule has 1 rings (SSSR count). The second-order valence-corrected chi connectivity index (χ2v) is 4.06. The van der Waals surface area contributed by atoms with Gasteiger partial charge in [0.15, 0.2) is 0 Å². The van der Waals surface area contributed by atoms with Crippen LogP contribution < -0.4 is 5.32 Å². The van der Waals surface area contributed by atoms with E-state index in [4.69, 9.17) is 9.47 Å². The van der Waals surface area contributed by atoms with E-state index in [1.54, 1.807) is 7.11 Å². The Labute approximate surface area is 108 Å². The molecule has 4 nitrogen and oxygen atoms in total. The number of carbonyl (C=O) groups excluding carboxylic acids is 1. The summed E-state index contributed by atoms with van der Waals surface area (Å²) in [5, 5.41) is 2.90. The molecule has 0 aliphatic heterocycles. The van der Waals surface area contributed by atoms with Gasteiger partial charge in [0.05, 0.1) is 13.2 Å². The quantitative estimate of drug-likeness (QED) is 0.755. The fourth-order valence-electron chi connectivity index (χ4n) is 1.68. The third-order valence-corrected chi connectivity index (χ3v) is 2.67. The van der Waals surface area contributed by atoms with Gasteiger partial charge in [0, 0.05) is 12.8 Å². The van der Waals surface area contributed by atoms with Crippen molar-refractivity contribution in [1.82, 2.24) is 0 Å². The van der Waals surface area contributed by atoms with Crippen LogP contribution in [0, 0.1) is 6.92 Å². The minimum atomic E-state index is -0.130. The van der Waals surface area contributed by atoms with Crippen LogP contribution in [0.2, 0.25) is 0 Å². The zero-order valence-corrected chi connectivity index (χ0v) is 11.3. The van der Waals surface area contributed by atoms with Gasteiger partial charge >= 0.3 is 0 Å². The number of hydrogen-bond acceptors (Lipinski definition) is 3. The molecule has 0 bridgehead atoms. The van der Waals surface area contributed by atoms with Crippen molar-refractivity contribution in [2.75, 3.05) is 32.2 Å². The Bertz CT molecular complexity index is 391. The molecule has 0 fully saturated rings. The van der Waals surface area contributed by atoms with Gasteiger partial charge in [-0.05, 0) is 24.5 Å². The van der Waals surface area contributed by atoms with E-state index in [0.29, 0.717) is 13.2 Å². The minimum absolute atomic E-state index is 0.0564. The first-order valence-corrected chi connectivity index (χ1v) is 6.14. The van der Waals surface area contributed by atoms with E-state index >= 15 is 0 Å². The lowest BCUT2D eigenvalue weighted by Gasteiger charge is -2.13. The molecule has 1 amide bonds. The van der Waals surface area contributed by atoms with Gasteiger partial charge in [-0.1, -0.05) is 25.1 Å². The second kappa shape index (κ2) is 7.84. The predicted molar refractivity (Wildman–Crippen MR) is 71.9 cm³/mol. The van der Waals surface area contributed by atoms with Gasteiger partial charge in [-0.15, -0.1) is 0 Å². The van der Waals surface area contributed by atoms with Gasteiger partial charge in [0.1, 0.15) is 6.61 Å². The molecule has 1 aromatic rings. The summed E-state index contributed by atoms with van der Waals surface area (Å²) < 4.78 is 10.0. The van der Waals surface area contributed by atoms with Crippen molar-refractivity contribution >= 4 is 11.6 Å². The topological polar surface area (TPSA) is 47.6 Å². The minimum Gasteiger partial charge on any atom is -0.382 e. The number of nitrogens with one attached hydrogen (secondary N) is 1. The SMILES string of the molecule is CCc1cccc(C)c1NC(=O)COCCOC. The molecule has 18 heavy (non-hydrogen) atoms. The number of amides is 1. The molecule has 0 aromatic heterocycles. The van der Waals surface area contributed by atoms with Gasteiger partial charge in [0.25, 0.3) is 0 Å². The van der Waals surface area contributed by atoms with Gasteiger partial charge in [-0.3, -0.25) is 4.79 Å². The average Bonchev–Trinajstić information content (AvgIpc) is 2.37. The summed E-state index contributed by atoms with van der Waals surface area (Å²) in [4.78, 5) is 11.7. The van der Waals surface area contributed by atoms with Crippen LogP contribution in [0.15, 0.2) is 18.2 Å². The highest BCUT2D eigenvalue weighted by atomic mass is 16.5. The van der Waals surface area contributed by atoms with Gasteiger partial charge in [-0.25, -0.2) is 0 Å². The largest absolute Gasteiger partial charge is 0.382 e. The Morgan fingerprint density at radius 2 is 2.11 bits per heavy atom. The van der Waals surface area contributed by atoms with Crippen molar-refractivity contribution in [2.45, 2.75) is 20.3 Å². The van der Waals surface area contributed by atoms with E-state index in [2.05, 4.69) is 12.2 Å². The van der Waals surface area contributed by atoms with Crippen LogP contribution in [0.25, 0.3) is 0 Å². The van der Waals surface area contributed by atoms with Crippen molar-refractivity contribution in [3.8, 4) is 0 Å². The first-order chi connectivity index (χ1) is 8.69. The number of anilines is 1.